The second-order valence-corrected chi connectivity index (χ2v) is 8.14. The number of esters is 1. The van der Waals surface area contributed by atoms with E-state index >= 15 is 0 Å². The molecule has 196 valence electrons. The van der Waals surface area contributed by atoms with Crippen LogP contribution in [0.2, 0.25) is 0 Å². The van der Waals surface area contributed by atoms with Crippen LogP contribution in [0.1, 0.15) is 66.2 Å². The molecule has 0 radical (unpaired) electrons. The van der Waals surface area contributed by atoms with Crippen LogP contribution in [-0.4, -0.2) is 88.7 Å². The summed E-state index contributed by atoms with van der Waals surface area (Å²) in [6.07, 6.45) is 6.02. The van der Waals surface area contributed by atoms with Crippen molar-refractivity contribution in [3.05, 3.63) is 35.4 Å². The van der Waals surface area contributed by atoms with Crippen LogP contribution < -0.4 is 0 Å². The number of benzene rings is 1. The molecule has 0 bridgehead atoms. The number of amides is 2. The molecule has 1 aromatic rings. The summed E-state index contributed by atoms with van der Waals surface area (Å²) >= 11 is 0. The lowest BCUT2D eigenvalue weighted by Crippen LogP contribution is -2.33. The molecule has 1 aliphatic rings. The van der Waals surface area contributed by atoms with Crippen LogP contribution in [0.5, 0.6) is 0 Å². The number of hydrogen-bond acceptors (Lipinski definition) is 8. The lowest BCUT2D eigenvalue weighted by Gasteiger charge is -2.13. The Labute approximate surface area is 208 Å². The van der Waals surface area contributed by atoms with Gasteiger partial charge in [-0.3, -0.25) is 19.3 Å². The van der Waals surface area contributed by atoms with Gasteiger partial charge in [0, 0.05) is 6.42 Å². The number of nitrogens with zero attached hydrogens (tertiary/aromatic N) is 1. The Morgan fingerprint density at radius 2 is 1.17 bits per heavy atom. The highest BCUT2D eigenvalue weighted by atomic mass is 16.6. The molecular weight excluding hydrogens is 454 g/mol. The summed E-state index contributed by atoms with van der Waals surface area (Å²) in [5, 5.41) is 0. The number of unbranched alkanes of at least 4 members (excludes halogenated alkanes) is 4. The summed E-state index contributed by atoms with van der Waals surface area (Å²) in [5.74, 6) is -0.715. The molecule has 0 atom stereocenters. The Morgan fingerprint density at radius 3 is 1.71 bits per heavy atom. The maximum Gasteiger partial charge on any atom is 0.305 e. The molecule has 0 saturated heterocycles. The third-order valence-corrected chi connectivity index (χ3v) is 5.43. The molecule has 1 heterocycles. The molecule has 0 aromatic heterocycles. The van der Waals surface area contributed by atoms with E-state index in [0.717, 1.165) is 12.8 Å². The first kappa shape index (κ1) is 28.9. The van der Waals surface area contributed by atoms with Gasteiger partial charge < -0.3 is 23.7 Å². The van der Waals surface area contributed by atoms with E-state index in [1.165, 1.54) is 24.2 Å². The summed E-state index contributed by atoms with van der Waals surface area (Å²) in [6, 6.07) is 6.81. The summed E-state index contributed by atoms with van der Waals surface area (Å²) < 4.78 is 26.8. The van der Waals surface area contributed by atoms with Gasteiger partial charge in [0.05, 0.1) is 70.5 Å². The van der Waals surface area contributed by atoms with Gasteiger partial charge in [0.2, 0.25) is 0 Å². The van der Waals surface area contributed by atoms with Crippen molar-refractivity contribution in [2.45, 2.75) is 45.4 Å². The Kier molecular flexibility index (Phi) is 14.9. The minimum Gasteiger partial charge on any atom is -0.463 e. The zero-order chi connectivity index (χ0) is 25.1. The van der Waals surface area contributed by atoms with Crippen molar-refractivity contribution in [1.82, 2.24) is 4.90 Å². The first-order chi connectivity index (χ1) is 17.1. The Bertz CT molecular complexity index is 734. The average Bonchev–Trinajstić information content (AvgIpc) is 3.11. The van der Waals surface area contributed by atoms with Crippen LogP contribution in [0.3, 0.4) is 0 Å². The number of rotatable bonds is 21. The maximum atomic E-state index is 12.2. The zero-order valence-electron chi connectivity index (χ0n) is 20.8. The van der Waals surface area contributed by atoms with Crippen LogP contribution >= 0.6 is 0 Å². The molecule has 1 aromatic carbocycles. The molecule has 0 fully saturated rings. The topological polar surface area (TPSA) is 101 Å². The molecule has 1 aliphatic heterocycles. The monoisotopic (exact) mass is 493 g/mol. The van der Waals surface area contributed by atoms with Crippen LogP contribution in [0.4, 0.5) is 0 Å². The fourth-order valence-electron chi connectivity index (χ4n) is 3.52. The lowest BCUT2D eigenvalue weighted by molar-refractivity contribution is -0.145. The molecule has 9 nitrogen and oxygen atoms in total. The van der Waals surface area contributed by atoms with Crippen molar-refractivity contribution >= 4 is 17.8 Å². The van der Waals surface area contributed by atoms with Gasteiger partial charge in [0.25, 0.3) is 11.8 Å². The second-order valence-electron chi connectivity index (χ2n) is 8.14. The van der Waals surface area contributed by atoms with E-state index in [0.29, 0.717) is 63.8 Å². The van der Waals surface area contributed by atoms with Crippen LogP contribution in [0.25, 0.3) is 0 Å². The lowest BCUT2D eigenvalue weighted by atomic mass is 10.1. The molecule has 0 spiro atoms. The van der Waals surface area contributed by atoms with Crippen molar-refractivity contribution in [3.8, 4) is 0 Å². The summed E-state index contributed by atoms with van der Waals surface area (Å²) in [5.41, 5.74) is 0.885. The van der Waals surface area contributed by atoms with E-state index in [1.807, 2.05) is 0 Å². The van der Waals surface area contributed by atoms with Gasteiger partial charge in [0.1, 0.15) is 6.61 Å². The van der Waals surface area contributed by atoms with E-state index in [-0.39, 0.29) is 37.5 Å². The molecule has 2 rings (SSSR count). The second kappa shape index (κ2) is 18.0. The first-order valence-corrected chi connectivity index (χ1v) is 12.6. The third kappa shape index (κ3) is 11.3. The zero-order valence-corrected chi connectivity index (χ0v) is 20.8. The number of hydrogen-bond donors (Lipinski definition) is 0. The highest BCUT2D eigenvalue weighted by molar-refractivity contribution is 6.21. The van der Waals surface area contributed by atoms with Gasteiger partial charge in [-0.1, -0.05) is 44.7 Å². The van der Waals surface area contributed by atoms with Crippen molar-refractivity contribution < 1.29 is 38.1 Å². The number of ether oxygens (including phenoxy) is 5. The van der Waals surface area contributed by atoms with Crippen LogP contribution in [0.15, 0.2) is 24.3 Å². The standard InChI is InChI=1S/C26H39NO8/c1-2-3-4-5-6-11-24(28)35-21-20-34-19-18-33-17-16-32-15-14-31-13-12-27-25(29)22-9-7-8-10-23(22)26(27)30/h7-10H,2-6,11-21H2,1H3. The van der Waals surface area contributed by atoms with Gasteiger partial charge in [0.15, 0.2) is 0 Å². The highest BCUT2D eigenvalue weighted by Gasteiger charge is 2.34. The minimum atomic E-state index is -0.277. The molecule has 0 saturated carbocycles. The molecule has 0 unspecified atom stereocenters. The summed E-state index contributed by atoms with van der Waals surface area (Å²) in [4.78, 5) is 37.3. The quantitative estimate of drug-likeness (QED) is 0.146. The smallest absolute Gasteiger partial charge is 0.305 e. The van der Waals surface area contributed by atoms with Crippen molar-refractivity contribution in [1.29, 1.82) is 0 Å². The predicted molar refractivity (Wildman–Crippen MR) is 129 cm³/mol. The average molecular weight is 494 g/mol. The van der Waals surface area contributed by atoms with Crippen LogP contribution in [-0.2, 0) is 28.5 Å². The van der Waals surface area contributed by atoms with Crippen molar-refractivity contribution in [3.63, 3.8) is 0 Å². The fourth-order valence-corrected chi connectivity index (χ4v) is 3.52. The normalized spacial score (nSPS) is 12.9. The van der Waals surface area contributed by atoms with E-state index in [9.17, 15) is 14.4 Å². The third-order valence-electron chi connectivity index (χ3n) is 5.43. The van der Waals surface area contributed by atoms with Gasteiger partial charge in [-0.25, -0.2) is 0 Å². The number of carbonyl (C=O) groups excluding carboxylic acids is 3. The summed E-state index contributed by atoms with van der Waals surface area (Å²) in [6.45, 7) is 5.76. The van der Waals surface area contributed by atoms with Crippen molar-refractivity contribution in [2.75, 3.05) is 66.0 Å². The van der Waals surface area contributed by atoms with Gasteiger partial charge >= 0.3 is 5.97 Å². The van der Waals surface area contributed by atoms with E-state index in [1.54, 1.807) is 24.3 Å². The molecule has 35 heavy (non-hydrogen) atoms. The molecule has 9 heteroatoms. The predicted octanol–water partition coefficient (Wildman–Crippen LogP) is 3.25. The first-order valence-electron chi connectivity index (χ1n) is 12.6. The van der Waals surface area contributed by atoms with Gasteiger partial charge in [-0.15, -0.1) is 0 Å². The Balaban J connectivity index is 1.31. The number of carbonyl (C=O) groups is 3. The van der Waals surface area contributed by atoms with E-state index < -0.39 is 0 Å². The Hall–Kier alpha value is -2.33. The minimum absolute atomic E-state index is 0.161. The largest absolute Gasteiger partial charge is 0.463 e. The number of fused-ring (bicyclic) bond motifs is 1. The molecular formula is C26H39NO8. The van der Waals surface area contributed by atoms with E-state index in [4.69, 9.17) is 23.7 Å². The summed E-state index contributed by atoms with van der Waals surface area (Å²) in [7, 11) is 0. The molecule has 2 amide bonds. The fraction of sp³-hybridized carbons (Fsp3) is 0.654. The van der Waals surface area contributed by atoms with Crippen LogP contribution in [0, 0.1) is 0 Å². The van der Waals surface area contributed by atoms with Gasteiger partial charge in [-0.05, 0) is 18.6 Å². The van der Waals surface area contributed by atoms with Gasteiger partial charge in [-0.2, -0.15) is 0 Å². The maximum absolute atomic E-state index is 12.2. The molecule has 0 N–H and O–H groups in total. The van der Waals surface area contributed by atoms with E-state index in [2.05, 4.69) is 6.92 Å². The molecule has 0 aliphatic carbocycles. The highest BCUT2D eigenvalue weighted by Crippen LogP contribution is 2.21. The SMILES string of the molecule is CCCCCCCC(=O)OCCOCCOCCOCCOCCN1C(=O)c2ccccc2C1=O. The van der Waals surface area contributed by atoms with Crippen molar-refractivity contribution in [2.24, 2.45) is 0 Å². The Morgan fingerprint density at radius 1 is 0.686 bits per heavy atom. The number of imide groups is 1.